The molecule has 1 aromatic heterocycles. The molecule has 2 aromatic rings. The highest BCUT2D eigenvalue weighted by Gasteiger charge is 2.18. The van der Waals surface area contributed by atoms with Crippen LogP contribution in [0.3, 0.4) is 0 Å². The first-order valence-corrected chi connectivity index (χ1v) is 5.84. The summed E-state index contributed by atoms with van der Waals surface area (Å²) in [6.45, 7) is 4.03. The Hall–Kier alpha value is -2.01. The lowest BCUT2D eigenvalue weighted by atomic mass is 10.1. The molecular formula is C13H17N3O2. The number of benzene rings is 1. The van der Waals surface area contributed by atoms with Gasteiger partial charge in [0.05, 0.1) is 16.5 Å². The van der Waals surface area contributed by atoms with Crippen LogP contribution in [-0.2, 0) is 0 Å². The highest BCUT2D eigenvalue weighted by Crippen LogP contribution is 2.29. The molecule has 1 aromatic carbocycles. The molecule has 18 heavy (non-hydrogen) atoms. The lowest BCUT2D eigenvalue weighted by Crippen LogP contribution is -2.35. The van der Waals surface area contributed by atoms with Crippen LogP contribution in [0.15, 0.2) is 18.2 Å². The lowest BCUT2D eigenvalue weighted by Gasteiger charge is -2.08. The van der Waals surface area contributed by atoms with Crippen molar-refractivity contribution >= 4 is 16.8 Å². The van der Waals surface area contributed by atoms with E-state index >= 15 is 0 Å². The third kappa shape index (κ3) is 2.17. The van der Waals surface area contributed by atoms with E-state index in [1.54, 1.807) is 19.1 Å². The van der Waals surface area contributed by atoms with Crippen LogP contribution >= 0.6 is 0 Å². The molecule has 0 aliphatic carbocycles. The number of carbonyl (C=O) groups excluding carboxylic acids is 1. The summed E-state index contributed by atoms with van der Waals surface area (Å²) in [4.78, 5) is 15.2. The summed E-state index contributed by atoms with van der Waals surface area (Å²) in [6.07, 6.45) is 0. The number of hydrogen-bond donors (Lipinski definition) is 4. The molecule has 1 heterocycles. The molecule has 0 radical (unpaired) electrons. The Labute approximate surface area is 105 Å². The summed E-state index contributed by atoms with van der Waals surface area (Å²) >= 11 is 0. The number of carbonyl (C=O) groups is 1. The first-order chi connectivity index (χ1) is 8.50. The van der Waals surface area contributed by atoms with E-state index in [1.807, 2.05) is 13.0 Å². The van der Waals surface area contributed by atoms with Crippen LogP contribution in [0.4, 0.5) is 0 Å². The van der Waals surface area contributed by atoms with Gasteiger partial charge < -0.3 is 21.1 Å². The van der Waals surface area contributed by atoms with Gasteiger partial charge in [0, 0.05) is 18.3 Å². The van der Waals surface area contributed by atoms with E-state index in [1.165, 1.54) is 0 Å². The van der Waals surface area contributed by atoms with Crippen molar-refractivity contribution in [2.45, 2.75) is 19.9 Å². The van der Waals surface area contributed by atoms with E-state index < -0.39 is 0 Å². The number of phenols is 1. The fourth-order valence-corrected chi connectivity index (χ4v) is 1.98. The van der Waals surface area contributed by atoms with Crippen LogP contribution in [0.1, 0.15) is 23.0 Å². The number of fused-ring (bicyclic) bond motifs is 1. The quantitative estimate of drug-likeness (QED) is 0.658. The van der Waals surface area contributed by atoms with Crippen molar-refractivity contribution < 1.29 is 9.90 Å². The molecule has 0 fully saturated rings. The Kier molecular flexibility index (Phi) is 3.25. The number of aromatic hydroxyl groups is 1. The molecule has 0 aliphatic heterocycles. The zero-order valence-electron chi connectivity index (χ0n) is 10.4. The molecule has 5 N–H and O–H groups in total. The van der Waals surface area contributed by atoms with Crippen LogP contribution in [0.5, 0.6) is 5.75 Å². The fraction of sp³-hybridized carbons (Fsp3) is 0.308. The average Bonchev–Trinajstić information content (AvgIpc) is 2.63. The van der Waals surface area contributed by atoms with Gasteiger partial charge in [0.2, 0.25) is 0 Å². The summed E-state index contributed by atoms with van der Waals surface area (Å²) in [6, 6.07) is 5.02. The largest absolute Gasteiger partial charge is 0.507 e. The van der Waals surface area contributed by atoms with Crippen molar-refractivity contribution in [1.29, 1.82) is 0 Å². The molecule has 1 atom stereocenters. The molecule has 0 bridgehead atoms. The smallest absolute Gasteiger partial charge is 0.253 e. The van der Waals surface area contributed by atoms with Gasteiger partial charge in [-0.25, -0.2) is 0 Å². The number of aromatic amines is 1. The SMILES string of the molecule is Cc1[nH]c2cccc(O)c2c1C(=O)NCC(C)N. The van der Waals surface area contributed by atoms with Crippen LogP contribution in [0, 0.1) is 6.92 Å². The second kappa shape index (κ2) is 4.70. The van der Waals surface area contributed by atoms with Gasteiger partial charge in [0.15, 0.2) is 0 Å². The third-order valence-corrected chi connectivity index (χ3v) is 2.80. The summed E-state index contributed by atoms with van der Waals surface area (Å²) in [5, 5.41) is 13.2. The zero-order chi connectivity index (χ0) is 13.3. The minimum atomic E-state index is -0.224. The molecule has 0 spiro atoms. The van der Waals surface area contributed by atoms with Crippen LogP contribution < -0.4 is 11.1 Å². The number of nitrogens with two attached hydrogens (primary N) is 1. The molecule has 5 nitrogen and oxygen atoms in total. The van der Waals surface area contributed by atoms with E-state index in [0.29, 0.717) is 17.5 Å². The maximum Gasteiger partial charge on any atom is 0.253 e. The normalized spacial score (nSPS) is 12.6. The van der Waals surface area contributed by atoms with Gasteiger partial charge in [0.25, 0.3) is 5.91 Å². The maximum atomic E-state index is 12.1. The lowest BCUT2D eigenvalue weighted by molar-refractivity contribution is 0.0952. The number of aryl methyl sites for hydroxylation is 1. The summed E-state index contributed by atoms with van der Waals surface area (Å²) in [5.41, 5.74) is 7.56. The van der Waals surface area contributed by atoms with Gasteiger partial charge >= 0.3 is 0 Å². The zero-order valence-corrected chi connectivity index (χ0v) is 10.4. The van der Waals surface area contributed by atoms with Crippen molar-refractivity contribution in [3.8, 4) is 5.75 Å². The van der Waals surface area contributed by atoms with Crippen molar-refractivity contribution in [3.63, 3.8) is 0 Å². The fourth-order valence-electron chi connectivity index (χ4n) is 1.98. The standard InChI is InChI=1S/C13H17N3O2/c1-7(14)6-15-13(18)11-8(2)16-9-4-3-5-10(17)12(9)11/h3-5,7,16-17H,6,14H2,1-2H3,(H,15,18). The molecule has 0 aliphatic rings. The van der Waals surface area contributed by atoms with Gasteiger partial charge in [-0.1, -0.05) is 6.07 Å². The summed E-state index contributed by atoms with van der Waals surface area (Å²) in [7, 11) is 0. The molecule has 1 amide bonds. The van der Waals surface area contributed by atoms with Gasteiger partial charge in [-0.05, 0) is 26.0 Å². The van der Waals surface area contributed by atoms with E-state index in [9.17, 15) is 9.90 Å². The molecule has 0 saturated carbocycles. The highest BCUT2D eigenvalue weighted by atomic mass is 16.3. The number of phenolic OH excluding ortho intramolecular Hbond substituents is 1. The Balaban J connectivity index is 2.43. The number of nitrogens with one attached hydrogen (secondary N) is 2. The van der Waals surface area contributed by atoms with Crippen molar-refractivity contribution in [3.05, 3.63) is 29.5 Å². The average molecular weight is 247 g/mol. The third-order valence-electron chi connectivity index (χ3n) is 2.80. The number of amides is 1. The predicted molar refractivity (Wildman–Crippen MR) is 70.7 cm³/mol. The number of H-pyrrole nitrogens is 1. The van der Waals surface area contributed by atoms with Crippen molar-refractivity contribution in [2.75, 3.05) is 6.54 Å². The summed E-state index contributed by atoms with van der Waals surface area (Å²) in [5.74, 6) is -0.125. The minimum absolute atomic E-state index is 0.0998. The Morgan fingerprint density at radius 1 is 1.56 bits per heavy atom. The molecular weight excluding hydrogens is 230 g/mol. The molecule has 1 unspecified atom stereocenters. The molecule has 5 heteroatoms. The first kappa shape index (κ1) is 12.4. The molecule has 0 saturated heterocycles. The first-order valence-electron chi connectivity index (χ1n) is 5.84. The monoisotopic (exact) mass is 247 g/mol. The second-order valence-electron chi connectivity index (χ2n) is 4.51. The highest BCUT2D eigenvalue weighted by molar-refractivity contribution is 6.10. The van der Waals surface area contributed by atoms with E-state index in [2.05, 4.69) is 10.3 Å². The van der Waals surface area contributed by atoms with E-state index in [-0.39, 0.29) is 17.7 Å². The van der Waals surface area contributed by atoms with Crippen LogP contribution in [0.2, 0.25) is 0 Å². The van der Waals surface area contributed by atoms with E-state index in [4.69, 9.17) is 5.73 Å². The van der Waals surface area contributed by atoms with Crippen LogP contribution in [0.25, 0.3) is 10.9 Å². The molecule has 2 rings (SSSR count). The van der Waals surface area contributed by atoms with Gasteiger partial charge in [-0.3, -0.25) is 4.79 Å². The van der Waals surface area contributed by atoms with E-state index in [0.717, 1.165) is 11.2 Å². The van der Waals surface area contributed by atoms with Gasteiger partial charge in [-0.15, -0.1) is 0 Å². The summed E-state index contributed by atoms with van der Waals surface area (Å²) < 4.78 is 0. The topological polar surface area (TPSA) is 91.1 Å². The Bertz CT molecular complexity index is 587. The maximum absolute atomic E-state index is 12.1. The number of hydrogen-bond acceptors (Lipinski definition) is 3. The van der Waals surface area contributed by atoms with Gasteiger partial charge in [0.1, 0.15) is 5.75 Å². The number of aromatic nitrogens is 1. The van der Waals surface area contributed by atoms with Crippen LogP contribution in [-0.4, -0.2) is 28.6 Å². The molecule has 96 valence electrons. The predicted octanol–water partition coefficient (Wildman–Crippen LogP) is 1.26. The van der Waals surface area contributed by atoms with Crippen molar-refractivity contribution in [2.24, 2.45) is 5.73 Å². The number of rotatable bonds is 3. The van der Waals surface area contributed by atoms with Gasteiger partial charge in [-0.2, -0.15) is 0 Å². The Morgan fingerprint density at radius 3 is 2.94 bits per heavy atom. The Morgan fingerprint density at radius 2 is 2.28 bits per heavy atom. The minimum Gasteiger partial charge on any atom is -0.507 e. The van der Waals surface area contributed by atoms with Crippen molar-refractivity contribution in [1.82, 2.24) is 10.3 Å². The second-order valence-corrected chi connectivity index (χ2v) is 4.51.